The van der Waals surface area contributed by atoms with Gasteiger partial charge in [-0.3, -0.25) is 9.59 Å². The molecule has 2 aromatic rings. The largest absolute Gasteiger partial charge is 0.494 e. The van der Waals surface area contributed by atoms with E-state index in [1.807, 2.05) is 71.3 Å². The van der Waals surface area contributed by atoms with Gasteiger partial charge < -0.3 is 19.3 Å². The van der Waals surface area contributed by atoms with E-state index in [-0.39, 0.29) is 11.8 Å². The molecule has 0 bridgehead atoms. The van der Waals surface area contributed by atoms with E-state index in [2.05, 4.69) is 0 Å². The number of nitrogens with zero attached hydrogens (tertiary/aromatic N) is 2. The topological polar surface area (TPSA) is 59.1 Å². The van der Waals surface area contributed by atoms with Crippen LogP contribution in [0.25, 0.3) is 0 Å². The van der Waals surface area contributed by atoms with Crippen LogP contribution < -0.4 is 9.47 Å². The van der Waals surface area contributed by atoms with Crippen molar-refractivity contribution < 1.29 is 19.1 Å². The summed E-state index contributed by atoms with van der Waals surface area (Å²) in [5.41, 5.74) is 0.973. The first-order chi connectivity index (χ1) is 14.7. The lowest BCUT2D eigenvalue weighted by molar-refractivity contribution is -0.139. The molecule has 0 atom stereocenters. The van der Waals surface area contributed by atoms with Crippen LogP contribution in [0.5, 0.6) is 11.5 Å². The van der Waals surface area contributed by atoms with Gasteiger partial charge in [-0.25, -0.2) is 0 Å². The van der Waals surface area contributed by atoms with E-state index < -0.39 is 0 Å². The fourth-order valence-corrected chi connectivity index (χ4v) is 3.45. The molecule has 1 fully saturated rings. The van der Waals surface area contributed by atoms with Crippen molar-refractivity contribution in [1.29, 1.82) is 0 Å². The Morgan fingerprint density at radius 3 is 2.03 bits per heavy atom. The zero-order valence-corrected chi connectivity index (χ0v) is 17.6. The average molecular weight is 411 g/mol. The Balaban J connectivity index is 1.35. The summed E-state index contributed by atoms with van der Waals surface area (Å²) in [4.78, 5) is 28.7. The van der Waals surface area contributed by atoms with Crippen molar-refractivity contribution in [3.8, 4) is 11.5 Å². The number of carbonyl (C=O) groups excluding carboxylic acids is 2. The number of benzene rings is 2. The minimum Gasteiger partial charge on any atom is -0.494 e. The molecular formula is C24H30N2O4. The molecule has 6 nitrogen and oxygen atoms in total. The molecule has 30 heavy (non-hydrogen) atoms. The lowest BCUT2D eigenvalue weighted by atomic mass is 10.1. The summed E-state index contributed by atoms with van der Waals surface area (Å²) in [6.45, 7) is 5.45. The van der Waals surface area contributed by atoms with Crippen LogP contribution >= 0.6 is 0 Å². The molecule has 3 rings (SSSR count). The Bertz CT molecular complexity index is 800. The van der Waals surface area contributed by atoms with Crippen molar-refractivity contribution in [3.63, 3.8) is 0 Å². The molecule has 2 amide bonds. The number of piperazine rings is 1. The standard InChI is InChI=1S/C24H30N2O4/c1-2-29-22-12-10-20(11-13-22)19-24(28)26-16-14-25(15-17-26)23(27)9-6-18-30-21-7-4-3-5-8-21/h3-5,7-8,10-13H,2,6,9,14-19H2,1H3. The number of hydrogen-bond acceptors (Lipinski definition) is 4. The third-order valence-electron chi connectivity index (χ3n) is 5.12. The molecule has 1 aliphatic rings. The van der Waals surface area contributed by atoms with E-state index >= 15 is 0 Å². The second-order valence-corrected chi connectivity index (χ2v) is 7.28. The van der Waals surface area contributed by atoms with Crippen LogP contribution in [0, 0.1) is 0 Å². The summed E-state index contributed by atoms with van der Waals surface area (Å²) in [7, 11) is 0. The summed E-state index contributed by atoms with van der Waals surface area (Å²) in [6, 6.07) is 17.3. The van der Waals surface area contributed by atoms with Gasteiger partial charge in [-0.15, -0.1) is 0 Å². The van der Waals surface area contributed by atoms with Crippen molar-refractivity contribution in [2.45, 2.75) is 26.2 Å². The zero-order valence-electron chi connectivity index (χ0n) is 17.6. The number of hydrogen-bond donors (Lipinski definition) is 0. The molecule has 1 aliphatic heterocycles. The van der Waals surface area contributed by atoms with Gasteiger partial charge >= 0.3 is 0 Å². The van der Waals surface area contributed by atoms with Crippen molar-refractivity contribution in [2.75, 3.05) is 39.4 Å². The van der Waals surface area contributed by atoms with Crippen LogP contribution in [0.4, 0.5) is 0 Å². The fourth-order valence-electron chi connectivity index (χ4n) is 3.45. The van der Waals surface area contributed by atoms with E-state index in [1.165, 1.54) is 0 Å². The van der Waals surface area contributed by atoms with Gasteiger partial charge in [-0.05, 0) is 43.2 Å². The minimum atomic E-state index is 0.0996. The van der Waals surface area contributed by atoms with Gasteiger partial charge in [0.15, 0.2) is 0 Å². The highest BCUT2D eigenvalue weighted by atomic mass is 16.5. The molecular weight excluding hydrogens is 380 g/mol. The smallest absolute Gasteiger partial charge is 0.227 e. The molecule has 160 valence electrons. The predicted octanol–water partition coefficient (Wildman–Crippen LogP) is 3.16. The second-order valence-electron chi connectivity index (χ2n) is 7.28. The van der Waals surface area contributed by atoms with E-state index in [4.69, 9.17) is 9.47 Å². The Kier molecular flexibility index (Phi) is 8.12. The summed E-state index contributed by atoms with van der Waals surface area (Å²) in [5.74, 6) is 1.87. The lowest BCUT2D eigenvalue weighted by Gasteiger charge is -2.35. The Morgan fingerprint density at radius 1 is 0.800 bits per heavy atom. The van der Waals surface area contributed by atoms with Crippen LogP contribution in [0.3, 0.4) is 0 Å². The highest BCUT2D eigenvalue weighted by Crippen LogP contribution is 2.14. The molecule has 6 heteroatoms. The molecule has 0 aromatic heterocycles. The van der Waals surface area contributed by atoms with Gasteiger partial charge in [0.25, 0.3) is 0 Å². The zero-order chi connectivity index (χ0) is 21.2. The van der Waals surface area contributed by atoms with Crippen LogP contribution in [-0.2, 0) is 16.0 Å². The van der Waals surface area contributed by atoms with Crippen molar-refractivity contribution >= 4 is 11.8 Å². The third-order valence-corrected chi connectivity index (χ3v) is 5.12. The van der Waals surface area contributed by atoms with Crippen molar-refractivity contribution in [2.24, 2.45) is 0 Å². The first-order valence-corrected chi connectivity index (χ1v) is 10.6. The Hall–Kier alpha value is -3.02. The van der Waals surface area contributed by atoms with Gasteiger partial charge in [0.1, 0.15) is 11.5 Å². The number of rotatable bonds is 9. The van der Waals surface area contributed by atoms with Gasteiger partial charge in [0, 0.05) is 32.6 Å². The maximum Gasteiger partial charge on any atom is 0.227 e. The molecule has 1 heterocycles. The molecule has 2 aromatic carbocycles. The summed E-state index contributed by atoms with van der Waals surface area (Å²) in [5, 5.41) is 0. The maximum absolute atomic E-state index is 12.6. The van der Waals surface area contributed by atoms with Gasteiger partial charge in [0.2, 0.25) is 11.8 Å². The van der Waals surface area contributed by atoms with Crippen LogP contribution in [0.15, 0.2) is 54.6 Å². The van der Waals surface area contributed by atoms with E-state index in [0.717, 1.165) is 17.1 Å². The predicted molar refractivity (Wildman–Crippen MR) is 116 cm³/mol. The molecule has 0 saturated carbocycles. The molecule has 0 aliphatic carbocycles. The highest BCUT2D eigenvalue weighted by molar-refractivity contribution is 5.80. The molecule has 0 unspecified atom stereocenters. The quantitative estimate of drug-likeness (QED) is 0.596. The number of amides is 2. The Morgan fingerprint density at radius 2 is 1.40 bits per heavy atom. The summed E-state index contributed by atoms with van der Waals surface area (Å²) in [6.07, 6.45) is 1.52. The highest BCUT2D eigenvalue weighted by Gasteiger charge is 2.23. The third kappa shape index (κ3) is 6.51. The maximum atomic E-state index is 12.6. The summed E-state index contributed by atoms with van der Waals surface area (Å²) >= 11 is 0. The van der Waals surface area contributed by atoms with E-state index in [0.29, 0.717) is 58.7 Å². The normalized spacial score (nSPS) is 13.8. The monoisotopic (exact) mass is 410 g/mol. The van der Waals surface area contributed by atoms with Crippen molar-refractivity contribution in [1.82, 2.24) is 9.80 Å². The summed E-state index contributed by atoms with van der Waals surface area (Å²) < 4.78 is 11.1. The molecule has 1 saturated heterocycles. The fraction of sp³-hybridized carbons (Fsp3) is 0.417. The Labute approximate surface area is 178 Å². The SMILES string of the molecule is CCOc1ccc(CC(=O)N2CCN(C(=O)CCCOc3ccccc3)CC2)cc1. The minimum absolute atomic E-state index is 0.0996. The molecule has 0 N–H and O–H groups in total. The average Bonchev–Trinajstić information content (AvgIpc) is 2.79. The van der Waals surface area contributed by atoms with Gasteiger partial charge in [-0.1, -0.05) is 30.3 Å². The van der Waals surface area contributed by atoms with E-state index in [9.17, 15) is 9.59 Å². The lowest BCUT2D eigenvalue weighted by Crippen LogP contribution is -2.51. The molecule has 0 radical (unpaired) electrons. The number of para-hydroxylation sites is 1. The van der Waals surface area contributed by atoms with Gasteiger partial charge in [-0.2, -0.15) is 0 Å². The number of carbonyl (C=O) groups is 2. The first kappa shape index (κ1) is 21.7. The van der Waals surface area contributed by atoms with Crippen molar-refractivity contribution in [3.05, 3.63) is 60.2 Å². The van der Waals surface area contributed by atoms with Crippen LogP contribution in [0.1, 0.15) is 25.3 Å². The van der Waals surface area contributed by atoms with Crippen LogP contribution in [-0.4, -0.2) is 61.0 Å². The van der Waals surface area contributed by atoms with E-state index in [1.54, 1.807) is 0 Å². The van der Waals surface area contributed by atoms with Gasteiger partial charge in [0.05, 0.1) is 19.6 Å². The number of ether oxygens (including phenoxy) is 2. The second kappa shape index (κ2) is 11.2. The van der Waals surface area contributed by atoms with Crippen LogP contribution in [0.2, 0.25) is 0 Å². The molecule has 0 spiro atoms. The first-order valence-electron chi connectivity index (χ1n) is 10.6.